The Kier molecular flexibility index (Phi) is 3.20. The lowest BCUT2D eigenvalue weighted by Gasteiger charge is -2.05. The Morgan fingerprint density at radius 3 is 2.35 bits per heavy atom. The van der Waals surface area contributed by atoms with Crippen molar-refractivity contribution in [3.8, 4) is 27.6 Å². The van der Waals surface area contributed by atoms with Gasteiger partial charge in [-0.2, -0.15) is 5.26 Å². The lowest BCUT2D eigenvalue weighted by molar-refractivity contribution is 1.33. The summed E-state index contributed by atoms with van der Waals surface area (Å²) >= 11 is 1.43. The average molecular weight is 277 g/mol. The third-order valence-electron chi connectivity index (χ3n) is 3.05. The number of hydrogen-bond acceptors (Lipinski definition) is 4. The van der Waals surface area contributed by atoms with Gasteiger partial charge in [-0.05, 0) is 23.3 Å². The first-order valence-electron chi connectivity index (χ1n) is 6.09. The van der Waals surface area contributed by atoms with Crippen molar-refractivity contribution in [1.29, 1.82) is 5.26 Å². The smallest absolute Gasteiger partial charge is 0.129 e. The summed E-state index contributed by atoms with van der Waals surface area (Å²) in [4.78, 5) is 5.60. The van der Waals surface area contributed by atoms with Crippen molar-refractivity contribution >= 4 is 17.0 Å². The van der Waals surface area contributed by atoms with Gasteiger partial charge in [-0.25, -0.2) is 0 Å². The number of thiophene rings is 1. The summed E-state index contributed by atoms with van der Waals surface area (Å²) < 4.78 is 0. The van der Waals surface area contributed by atoms with Gasteiger partial charge in [0.15, 0.2) is 0 Å². The molecule has 0 bridgehead atoms. The van der Waals surface area contributed by atoms with Crippen LogP contribution in [0.2, 0.25) is 0 Å². The quantitative estimate of drug-likeness (QED) is 0.772. The Bertz CT molecular complexity index is 771. The molecule has 0 saturated carbocycles. The molecule has 0 atom stereocenters. The van der Waals surface area contributed by atoms with Crippen LogP contribution in [0.25, 0.3) is 21.6 Å². The molecule has 0 amide bonds. The van der Waals surface area contributed by atoms with E-state index in [9.17, 15) is 5.26 Å². The second kappa shape index (κ2) is 5.16. The predicted molar refractivity (Wildman–Crippen MR) is 82.1 cm³/mol. The van der Waals surface area contributed by atoms with E-state index in [0.717, 1.165) is 21.6 Å². The third-order valence-corrected chi connectivity index (χ3v) is 4.21. The zero-order valence-corrected chi connectivity index (χ0v) is 11.4. The number of pyridine rings is 1. The zero-order valence-electron chi connectivity index (χ0n) is 10.6. The number of rotatable bonds is 2. The van der Waals surface area contributed by atoms with Crippen molar-refractivity contribution < 1.29 is 0 Å². The van der Waals surface area contributed by atoms with Gasteiger partial charge >= 0.3 is 0 Å². The van der Waals surface area contributed by atoms with Crippen LogP contribution in [0.15, 0.2) is 54.9 Å². The number of anilines is 1. The first-order valence-corrected chi connectivity index (χ1v) is 6.91. The molecule has 0 radical (unpaired) electrons. The highest BCUT2D eigenvalue weighted by Crippen LogP contribution is 2.44. The van der Waals surface area contributed by atoms with E-state index in [0.29, 0.717) is 10.6 Å². The number of nitriles is 1. The van der Waals surface area contributed by atoms with Crippen LogP contribution in [0.5, 0.6) is 0 Å². The molecule has 96 valence electrons. The second-order valence-electron chi connectivity index (χ2n) is 4.26. The van der Waals surface area contributed by atoms with E-state index >= 15 is 0 Å². The van der Waals surface area contributed by atoms with E-state index in [2.05, 4.69) is 11.1 Å². The normalized spacial score (nSPS) is 10.2. The van der Waals surface area contributed by atoms with Gasteiger partial charge < -0.3 is 5.73 Å². The Labute approximate surface area is 121 Å². The Balaban J connectivity index is 2.28. The monoisotopic (exact) mass is 277 g/mol. The molecule has 3 aromatic rings. The minimum absolute atomic E-state index is 0.544. The molecule has 0 saturated heterocycles. The summed E-state index contributed by atoms with van der Waals surface area (Å²) in [6.45, 7) is 0. The van der Waals surface area contributed by atoms with Crippen molar-refractivity contribution in [2.75, 3.05) is 5.73 Å². The highest BCUT2D eigenvalue weighted by atomic mass is 32.1. The van der Waals surface area contributed by atoms with Crippen LogP contribution in [0.1, 0.15) is 4.88 Å². The van der Waals surface area contributed by atoms with Crippen LogP contribution in [-0.4, -0.2) is 4.98 Å². The van der Waals surface area contributed by atoms with Crippen molar-refractivity contribution in [2.45, 2.75) is 0 Å². The molecule has 3 rings (SSSR count). The van der Waals surface area contributed by atoms with Crippen LogP contribution in [0.4, 0.5) is 5.69 Å². The summed E-state index contributed by atoms with van der Waals surface area (Å²) in [5.74, 6) is 0. The minimum Gasteiger partial charge on any atom is -0.396 e. The van der Waals surface area contributed by atoms with E-state index in [4.69, 9.17) is 5.73 Å². The number of nitrogens with zero attached hydrogens (tertiary/aromatic N) is 2. The van der Waals surface area contributed by atoms with E-state index in [-0.39, 0.29) is 0 Å². The molecule has 2 heterocycles. The molecule has 20 heavy (non-hydrogen) atoms. The van der Waals surface area contributed by atoms with Crippen molar-refractivity contribution in [3.63, 3.8) is 0 Å². The number of nitrogen functional groups attached to an aromatic ring is 1. The van der Waals surface area contributed by atoms with Crippen molar-refractivity contribution in [2.24, 2.45) is 0 Å². The van der Waals surface area contributed by atoms with Gasteiger partial charge in [-0.1, -0.05) is 30.3 Å². The highest BCUT2D eigenvalue weighted by Gasteiger charge is 2.18. The van der Waals surface area contributed by atoms with Crippen LogP contribution in [-0.2, 0) is 0 Å². The fourth-order valence-corrected chi connectivity index (χ4v) is 3.17. The van der Waals surface area contributed by atoms with Gasteiger partial charge in [0.1, 0.15) is 10.9 Å². The van der Waals surface area contributed by atoms with Gasteiger partial charge in [0.25, 0.3) is 0 Å². The second-order valence-corrected chi connectivity index (χ2v) is 5.28. The molecule has 2 aromatic heterocycles. The number of nitrogens with two attached hydrogens (primary N) is 1. The largest absolute Gasteiger partial charge is 0.396 e. The zero-order chi connectivity index (χ0) is 13.9. The highest BCUT2D eigenvalue weighted by molar-refractivity contribution is 7.17. The van der Waals surface area contributed by atoms with E-state index in [1.165, 1.54) is 11.3 Å². The van der Waals surface area contributed by atoms with E-state index in [1.807, 2.05) is 42.5 Å². The maximum atomic E-state index is 9.22. The molecule has 0 aliphatic carbocycles. The third kappa shape index (κ3) is 2.04. The summed E-state index contributed by atoms with van der Waals surface area (Å²) in [6.07, 6.45) is 3.46. The first-order chi connectivity index (χ1) is 9.81. The Hall–Kier alpha value is -2.64. The van der Waals surface area contributed by atoms with Gasteiger partial charge in [-0.3, -0.25) is 4.98 Å². The predicted octanol–water partition coefficient (Wildman–Crippen LogP) is 3.93. The molecule has 0 aliphatic rings. The van der Waals surface area contributed by atoms with Gasteiger partial charge in [0, 0.05) is 22.8 Å². The standard InChI is InChI=1S/C16H11N3S/c17-10-13-15(18)14(11-6-8-19-9-7-11)16(20-13)12-4-2-1-3-5-12/h1-9H,18H2. The molecule has 3 nitrogen and oxygen atoms in total. The maximum Gasteiger partial charge on any atom is 0.129 e. The summed E-state index contributed by atoms with van der Waals surface area (Å²) in [6, 6.07) is 16.0. The molecular formula is C16H11N3S. The Morgan fingerprint density at radius 2 is 1.70 bits per heavy atom. The average Bonchev–Trinajstić information content (AvgIpc) is 2.86. The number of hydrogen-bond donors (Lipinski definition) is 1. The molecule has 4 heteroatoms. The van der Waals surface area contributed by atoms with Gasteiger partial charge in [-0.15, -0.1) is 11.3 Å². The van der Waals surface area contributed by atoms with Crippen molar-refractivity contribution in [3.05, 3.63) is 59.7 Å². The summed E-state index contributed by atoms with van der Waals surface area (Å²) in [5.41, 5.74) is 9.66. The SMILES string of the molecule is N#Cc1sc(-c2ccccc2)c(-c2ccncc2)c1N. The topological polar surface area (TPSA) is 62.7 Å². The van der Waals surface area contributed by atoms with Gasteiger partial charge in [0.05, 0.1) is 5.69 Å². The lowest BCUT2D eigenvalue weighted by atomic mass is 10.0. The minimum atomic E-state index is 0.544. The van der Waals surface area contributed by atoms with Crippen molar-refractivity contribution in [1.82, 2.24) is 4.98 Å². The molecule has 0 fully saturated rings. The van der Waals surface area contributed by atoms with Crippen LogP contribution < -0.4 is 5.73 Å². The molecule has 0 spiro atoms. The van der Waals surface area contributed by atoms with Crippen LogP contribution in [0.3, 0.4) is 0 Å². The summed E-state index contributed by atoms with van der Waals surface area (Å²) in [5, 5.41) is 9.22. The lowest BCUT2D eigenvalue weighted by Crippen LogP contribution is -1.89. The molecule has 0 aliphatic heterocycles. The summed E-state index contributed by atoms with van der Waals surface area (Å²) in [7, 11) is 0. The first kappa shape index (κ1) is 12.4. The van der Waals surface area contributed by atoms with Crippen LogP contribution in [0, 0.1) is 11.3 Å². The molecule has 2 N–H and O–H groups in total. The Morgan fingerprint density at radius 1 is 1.00 bits per heavy atom. The maximum absolute atomic E-state index is 9.22. The van der Waals surface area contributed by atoms with E-state index in [1.54, 1.807) is 12.4 Å². The fourth-order valence-electron chi connectivity index (χ4n) is 2.12. The molecule has 0 unspecified atom stereocenters. The van der Waals surface area contributed by atoms with E-state index < -0.39 is 0 Å². The molecule has 1 aromatic carbocycles. The van der Waals surface area contributed by atoms with Crippen LogP contribution >= 0.6 is 11.3 Å². The number of aromatic nitrogens is 1. The fraction of sp³-hybridized carbons (Fsp3) is 0. The number of benzene rings is 1. The van der Waals surface area contributed by atoms with Gasteiger partial charge in [0.2, 0.25) is 0 Å². The molecular weight excluding hydrogens is 266 g/mol.